The van der Waals surface area contributed by atoms with Crippen molar-refractivity contribution in [3.63, 3.8) is 0 Å². The van der Waals surface area contributed by atoms with E-state index in [4.69, 9.17) is 0 Å². The number of carbonyl (C=O) groups is 1. The van der Waals surface area contributed by atoms with Crippen LogP contribution in [0, 0.1) is 0 Å². The number of piperidine rings is 1. The summed E-state index contributed by atoms with van der Waals surface area (Å²) < 4.78 is 39.3. The number of amides is 1. The van der Waals surface area contributed by atoms with Gasteiger partial charge in [-0.2, -0.15) is 13.2 Å². The molecule has 0 aliphatic carbocycles. The second-order valence-corrected chi connectivity index (χ2v) is 5.35. The Bertz CT molecular complexity index is 535. The smallest absolute Gasteiger partial charge is 0.332 e. The predicted molar refractivity (Wildman–Crippen MR) is 66.1 cm³/mol. The van der Waals surface area contributed by atoms with Gasteiger partial charge in [0.2, 0.25) is 11.7 Å². The molecule has 116 valence electrons. The maximum atomic E-state index is 12.7. The number of hydrogen-bond acceptors (Lipinski definition) is 4. The average Bonchev–Trinajstić information content (AvgIpc) is 2.90. The summed E-state index contributed by atoms with van der Waals surface area (Å²) in [6.07, 6.45) is -1.70. The van der Waals surface area contributed by atoms with Crippen LogP contribution in [0.1, 0.15) is 30.9 Å². The highest BCUT2D eigenvalue weighted by Crippen LogP contribution is 2.29. The van der Waals surface area contributed by atoms with Gasteiger partial charge in [0.25, 0.3) is 0 Å². The fourth-order valence-electron chi connectivity index (χ4n) is 2.84. The van der Waals surface area contributed by atoms with Crippen LogP contribution in [0.2, 0.25) is 0 Å². The molecular weight excluding hydrogens is 287 g/mol. The number of alkyl halides is 3. The van der Waals surface area contributed by atoms with E-state index in [0.717, 1.165) is 30.4 Å². The number of rotatable bonds is 1. The van der Waals surface area contributed by atoms with Gasteiger partial charge in [0.15, 0.2) is 5.82 Å². The highest BCUT2D eigenvalue weighted by Gasteiger charge is 2.40. The number of hydrogen-bond donors (Lipinski definition) is 1. The molecular formula is C12H16F3N5O. The fraction of sp³-hybridized carbons (Fsp3) is 0.750. The summed E-state index contributed by atoms with van der Waals surface area (Å²) in [5, 5.41) is 9.94. The Balaban J connectivity index is 1.73. The van der Waals surface area contributed by atoms with Gasteiger partial charge in [-0.1, -0.05) is 6.42 Å². The Kier molecular flexibility index (Phi) is 3.60. The molecule has 0 radical (unpaired) electrons. The van der Waals surface area contributed by atoms with Gasteiger partial charge in [-0.05, 0) is 19.4 Å². The Morgan fingerprint density at radius 1 is 1.24 bits per heavy atom. The van der Waals surface area contributed by atoms with Crippen molar-refractivity contribution in [1.82, 2.24) is 25.0 Å². The molecule has 1 saturated heterocycles. The van der Waals surface area contributed by atoms with Crippen molar-refractivity contribution in [2.24, 2.45) is 0 Å². The van der Waals surface area contributed by atoms with Gasteiger partial charge < -0.3 is 14.8 Å². The number of fused-ring (bicyclic) bond motifs is 1. The van der Waals surface area contributed by atoms with Gasteiger partial charge in [0.05, 0.1) is 12.6 Å². The van der Waals surface area contributed by atoms with E-state index in [1.54, 1.807) is 4.90 Å². The summed E-state index contributed by atoms with van der Waals surface area (Å²) in [7, 11) is 0. The van der Waals surface area contributed by atoms with Crippen LogP contribution in [0.3, 0.4) is 0 Å². The second-order valence-electron chi connectivity index (χ2n) is 5.35. The van der Waals surface area contributed by atoms with E-state index in [1.165, 1.54) is 0 Å². The van der Waals surface area contributed by atoms with Crippen LogP contribution in [-0.4, -0.2) is 44.7 Å². The van der Waals surface area contributed by atoms with Crippen LogP contribution in [-0.2, 0) is 24.1 Å². The number of nitrogens with one attached hydrogen (secondary N) is 1. The van der Waals surface area contributed by atoms with Gasteiger partial charge >= 0.3 is 6.18 Å². The first-order valence-corrected chi connectivity index (χ1v) is 6.98. The van der Waals surface area contributed by atoms with E-state index in [2.05, 4.69) is 15.5 Å². The zero-order chi connectivity index (χ0) is 15.0. The minimum Gasteiger partial charge on any atom is -0.332 e. The maximum absolute atomic E-state index is 12.7. The minimum absolute atomic E-state index is 0.0579. The third kappa shape index (κ3) is 2.74. The fourth-order valence-corrected chi connectivity index (χ4v) is 2.84. The van der Waals surface area contributed by atoms with E-state index in [9.17, 15) is 18.0 Å². The summed E-state index contributed by atoms with van der Waals surface area (Å²) in [6.45, 7) is 1.22. The number of carbonyl (C=O) groups excluding carboxylic acids is 1. The molecule has 1 aromatic heterocycles. The number of nitrogens with zero attached hydrogens (tertiary/aromatic N) is 4. The first kappa shape index (κ1) is 14.3. The van der Waals surface area contributed by atoms with Crippen molar-refractivity contribution in [3.05, 3.63) is 11.6 Å². The first-order valence-electron chi connectivity index (χ1n) is 6.98. The summed E-state index contributed by atoms with van der Waals surface area (Å²) >= 11 is 0. The number of halogens is 3. The van der Waals surface area contributed by atoms with Gasteiger partial charge in [-0.3, -0.25) is 4.79 Å². The molecule has 6 nitrogen and oxygen atoms in total. The largest absolute Gasteiger partial charge is 0.451 e. The second kappa shape index (κ2) is 5.28. The zero-order valence-corrected chi connectivity index (χ0v) is 11.4. The molecule has 0 aromatic carbocycles. The first-order chi connectivity index (χ1) is 9.97. The molecule has 3 heterocycles. The van der Waals surface area contributed by atoms with E-state index >= 15 is 0 Å². The van der Waals surface area contributed by atoms with Crippen LogP contribution in [0.4, 0.5) is 13.2 Å². The van der Waals surface area contributed by atoms with E-state index < -0.39 is 12.0 Å². The summed E-state index contributed by atoms with van der Waals surface area (Å²) in [5.74, 6) is -0.851. The monoisotopic (exact) mass is 303 g/mol. The quantitative estimate of drug-likeness (QED) is 0.833. The standard InChI is InChI=1S/C12H16F3N5O/c13-12(14,15)11-18-17-9-7-19(5-6-20(9)11)10(21)8-3-1-2-4-16-8/h8,16H,1-7H2/t8-/m0/s1. The molecule has 0 bridgehead atoms. The molecule has 1 N–H and O–H groups in total. The Hall–Kier alpha value is -1.64. The Labute approximate surface area is 119 Å². The molecule has 0 unspecified atom stereocenters. The lowest BCUT2D eigenvalue weighted by atomic mass is 10.0. The van der Waals surface area contributed by atoms with Crippen LogP contribution >= 0.6 is 0 Å². The molecule has 1 atom stereocenters. The van der Waals surface area contributed by atoms with Crippen molar-refractivity contribution in [1.29, 1.82) is 0 Å². The number of aromatic nitrogens is 3. The average molecular weight is 303 g/mol. The van der Waals surface area contributed by atoms with Crippen LogP contribution in [0.15, 0.2) is 0 Å². The topological polar surface area (TPSA) is 63.1 Å². The highest BCUT2D eigenvalue weighted by atomic mass is 19.4. The van der Waals surface area contributed by atoms with Crippen molar-refractivity contribution < 1.29 is 18.0 Å². The van der Waals surface area contributed by atoms with Gasteiger partial charge in [0.1, 0.15) is 0 Å². The maximum Gasteiger partial charge on any atom is 0.451 e. The van der Waals surface area contributed by atoms with Gasteiger partial charge in [-0.25, -0.2) is 0 Å². The summed E-state index contributed by atoms with van der Waals surface area (Å²) in [5.41, 5.74) is 0. The molecule has 0 spiro atoms. The summed E-state index contributed by atoms with van der Waals surface area (Å²) in [6, 6.07) is -0.227. The van der Waals surface area contributed by atoms with E-state index in [0.29, 0.717) is 0 Å². The zero-order valence-electron chi connectivity index (χ0n) is 11.4. The molecule has 0 saturated carbocycles. The van der Waals surface area contributed by atoms with Crippen molar-refractivity contribution in [3.8, 4) is 0 Å². The van der Waals surface area contributed by atoms with Crippen molar-refractivity contribution >= 4 is 5.91 Å². The Morgan fingerprint density at radius 2 is 2.05 bits per heavy atom. The molecule has 21 heavy (non-hydrogen) atoms. The molecule has 1 fully saturated rings. The lowest BCUT2D eigenvalue weighted by Gasteiger charge is -2.32. The molecule has 2 aliphatic heterocycles. The molecule has 2 aliphatic rings. The third-order valence-corrected chi connectivity index (χ3v) is 3.93. The van der Waals surface area contributed by atoms with Gasteiger partial charge in [0, 0.05) is 13.1 Å². The predicted octanol–water partition coefficient (Wildman–Crippen LogP) is 0.781. The highest BCUT2D eigenvalue weighted by molar-refractivity contribution is 5.82. The lowest BCUT2D eigenvalue weighted by Crippen LogP contribution is -2.50. The normalized spacial score (nSPS) is 23.0. The van der Waals surface area contributed by atoms with Crippen molar-refractivity contribution in [2.75, 3.05) is 13.1 Å². The molecule has 3 rings (SSSR count). The lowest BCUT2D eigenvalue weighted by molar-refractivity contribution is -0.148. The Morgan fingerprint density at radius 3 is 2.71 bits per heavy atom. The van der Waals surface area contributed by atoms with E-state index in [-0.39, 0.29) is 37.4 Å². The minimum atomic E-state index is -4.51. The van der Waals surface area contributed by atoms with Crippen LogP contribution in [0.5, 0.6) is 0 Å². The SMILES string of the molecule is O=C([C@@H]1CCCCN1)N1CCn2c(nnc2C(F)(F)F)C1. The molecule has 9 heteroatoms. The molecule has 1 aromatic rings. The van der Waals surface area contributed by atoms with Gasteiger partial charge in [-0.15, -0.1) is 10.2 Å². The van der Waals surface area contributed by atoms with Crippen molar-refractivity contribution in [2.45, 2.75) is 44.6 Å². The van der Waals surface area contributed by atoms with Crippen LogP contribution < -0.4 is 5.32 Å². The molecule has 1 amide bonds. The van der Waals surface area contributed by atoms with Crippen LogP contribution in [0.25, 0.3) is 0 Å². The van der Waals surface area contributed by atoms with E-state index in [1.807, 2.05) is 0 Å². The third-order valence-electron chi connectivity index (χ3n) is 3.93. The summed E-state index contributed by atoms with van der Waals surface area (Å²) in [4.78, 5) is 13.9.